The predicted molar refractivity (Wildman–Crippen MR) is 126 cm³/mol. The molecule has 0 saturated heterocycles. The van der Waals surface area contributed by atoms with Crippen molar-refractivity contribution in [2.24, 2.45) is 0 Å². The minimum Gasteiger partial charge on any atom is -0.497 e. The van der Waals surface area contributed by atoms with Gasteiger partial charge < -0.3 is 13.6 Å². The summed E-state index contributed by atoms with van der Waals surface area (Å²) in [5, 5.41) is -0.223. The molecular formula is C26H20N2O5S. The standard InChI is InChI=1S/C26H20N2O5S/c1-17-8-14-21(15-9-17)34(29,30)26-24(32-16-27-26)22-23(18-10-12-20(31-2)13-11-18)33-25(28-22)19-6-4-3-5-7-19/h3-16H,1-2H3. The largest absolute Gasteiger partial charge is 0.497 e. The minimum atomic E-state index is -3.96. The van der Waals surface area contributed by atoms with Crippen LogP contribution in [-0.4, -0.2) is 25.5 Å². The van der Waals surface area contributed by atoms with Crippen LogP contribution in [0.1, 0.15) is 5.56 Å². The van der Waals surface area contributed by atoms with Crippen molar-refractivity contribution in [2.75, 3.05) is 7.11 Å². The molecule has 0 N–H and O–H groups in total. The number of benzene rings is 3. The zero-order chi connectivity index (χ0) is 23.7. The molecule has 0 aliphatic heterocycles. The molecule has 0 bridgehead atoms. The maximum Gasteiger partial charge on any atom is 0.227 e. The Morgan fingerprint density at radius 2 is 1.53 bits per heavy atom. The van der Waals surface area contributed by atoms with Crippen LogP contribution in [0.2, 0.25) is 0 Å². The molecule has 0 aliphatic carbocycles. The molecule has 8 heteroatoms. The molecule has 5 aromatic rings. The minimum absolute atomic E-state index is 0.0114. The number of sulfone groups is 1. The summed E-state index contributed by atoms with van der Waals surface area (Å²) in [7, 11) is -2.38. The van der Waals surface area contributed by atoms with E-state index in [4.69, 9.17) is 13.6 Å². The lowest BCUT2D eigenvalue weighted by Gasteiger charge is -2.05. The summed E-state index contributed by atoms with van der Waals surface area (Å²) in [5.41, 5.74) is 2.61. The molecule has 0 atom stereocenters. The van der Waals surface area contributed by atoms with Gasteiger partial charge in [0.1, 0.15) is 5.75 Å². The number of hydrogen-bond donors (Lipinski definition) is 0. The van der Waals surface area contributed by atoms with E-state index in [1.807, 2.05) is 49.4 Å². The van der Waals surface area contributed by atoms with E-state index in [0.29, 0.717) is 23.0 Å². The maximum atomic E-state index is 13.4. The van der Waals surface area contributed by atoms with Crippen LogP contribution in [0.25, 0.3) is 34.2 Å². The molecule has 0 unspecified atom stereocenters. The smallest absolute Gasteiger partial charge is 0.227 e. The first-order valence-corrected chi connectivity index (χ1v) is 11.9. The molecule has 7 nitrogen and oxygen atoms in total. The fraction of sp³-hybridized carbons (Fsp3) is 0.0769. The number of hydrogen-bond acceptors (Lipinski definition) is 7. The van der Waals surface area contributed by atoms with E-state index in [2.05, 4.69) is 9.97 Å². The third-order valence-corrected chi connectivity index (χ3v) is 7.03. The molecule has 0 aliphatic rings. The van der Waals surface area contributed by atoms with Crippen LogP contribution >= 0.6 is 0 Å². The van der Waals surface area contributed by atoms with Crippen LogP contribution < -0.4 is 4.74 Å². The van der Waals surface area contributed by atoms with Gasteiger partial charge in [-0.15, -0.1) is 0 Å². The van der Waals surface area contributed by atoms with Crippen LogP contribution in [-0.2, 0) is 9.84 Å². The molecule has 0 radical (unpaired) electrons. The van der Waals surface area contributed by atoms with Crippen molar-refractivity contribution in [1.82, 2.24) is 9.97 Å². The van der Waals surface area contributed by atoms with E-state index in [0.717, 1.165) is 17.5 Å². The van der Waals surface area contributed by atoms with E-state index >= 15 is 0 Å². The SMILES string of the molecule is COc1ccc(-c2oc(-c3ccccc3)nc2-c2ocnc2S(=O)(=O)c2ccc(C)cc2)cc1. The third-order valence-electron chi connectivity index (χ3n) is 5.34. The van der Waals surface area contributed by atoms with Crippen LogP contribution in [0.3, 0.4) is 0 Å². The first-order valence-electron chi connectivity index (χ1n) is 10.4. The summed E-state index contributed by atoms with van der Waals surface area (Å²) in [6.07, 6.45) is 1.10. The number of methoxy groups -OCH3 is 1. The summed E-state index contributed by atoms with van der Waals surface area (Å²) in [6.45, 7) is 1.89. The Morgan fingerprint density at radius 3 is 2.21 bits per heavy atom. The van der Waals surface area contributed by atoms with Crippen molar-refractivity contribution in [3.05, 3.63) is 90.8 Å². The Balaban J connectivity index is 1.69. The fourth-order valence-corrected chi connectivity index (χ4v) is 4.82. The molecular weight excluding hydrogens is 452 g/mol. The van der Waals surface area contributed by atoms with Gasteiger partial charge in [-0.3, -0.25) is 0 Å². The quantitative estimate of drug-likeness (QED) is 0.307. The molecule has 5 rings (SSSR count). The third kappa shape index (κ3) is 3.88. The lowest BCUT2D eigenvalue weighted by atomic mass is 10.1. The Kier molecular flexibility index (Phi) is 5.51. The molecule has 0 fully saturated rings. The number of rotatable bonds is 6. The Labute approximate surface area is 196 Å². The summed E-state index contributed by atoms with van der Waals surface area (Å²) in [4.78, 5) is 8.80. The highest BCUT2D eigenvalue weighted by atomic mass is 32.2. The Hall–Kier alpha value is -4.17. The Bertz CT molecular complexity index is 1540. The summed E-state index contributed by atoms with van der Waals surface area (Å²) < 4.78 is 43.8. The second-order valence-corrected chi connectivity index (χ2v) is 9.46. The second kappa shape index (κ2) is 8.64. The molecule has 2 aromatic heterocycles. The van der Waals surface area contributed by atoms with Crippen LogP contribution in [0.5, 0.6) is 5.75 Å². The van der Waals surface area contributed by atoms with Crippen molar-refractivity contribution in [1.29, 1.82) is 0 Å². The monoisotopic (exact) mass is 472 g/mol. The van der Waals surface area contributed by atoms with Gasteiger partial charge in [0.15, 0.2) is 23.6 Å². The number of oxazole rings is 2. The van der Waals surface area contributed by atoms with Crippen LogP contribution in [0.15, 0.2) is 104 Å². The van der Waals surface area contributed by atoms with Gasteiger partial charge in [-0.1, -0.05) is 35.9 Å². The summed E-state index contributed by atoms with van der Waals surface area (Å²) in [6, 6.07) is 23.1. The average molecular weight is 473 g/mol. The van der Waals surface area contributed by atoms with Gasteiger partial charge in [-0.2, -0.15) is 0 Å². The first kappa shape index (κ1) is 21.7. The van der Waals surface area contributed by atoms with Crippen LogP contribution in [0.4, 0.5) is 0 Å². The summed E-state index contributed by atoms with van der Waals surface area (Å²) >= 11 is 0. The van der Waals surface area contributed by atoms with Gasteiger partial charge >= 0.3 is 0 Å². The lowest BCUT2D eigenvalue weighted by Crippen LogP contribution is -2.04. The maximum absolute atomic E-state index is 13.4. The van der Waals surface area contributed by atoms with Crippen molar-refractivity contribution < 1.29 is 22.0 Å². The van der Waals surface area contributed by atoms with E-state index in [-0.39, 0.29) is 21.4 Å². The highest BCUT2D eigenvalue weighted by molar-refractivity contribution is 7.91. The van der Waals surface area contributed by atoms with Gasteiger partial charge in [-0.05, 0) is 55.5 Å². The van der Waals surface area contributed by atoms with E-state index in [1.54, 1.807) is 43.5 Å². The van der Waals surface area contributed by atoms with Gasteiger partial charge in [-0.25, -0.2) is 18.4 Å². The zero-order valence-electron chi connectivity index (χ0n) is 18.4. The number of aryl methyl sites for hydroxylation is 1. The zero-order valence-corrected chi connectivity index (χ0v) is 19.2. The highest BCUT2D eigenvalue weighted by Gasteiger charge is 2.31. The topological polar surface area (TPSA) is 95.4 Å². The van der Waals surface area contributed by atoms with E-state index in [1.165, 1.54) is 0 Å². The number of nitrogens with zero attached hydrogens (tertiary/aromatic N) is 2. The molecule has 34 heavy (non-hydrogen) atoms. The number of ether oxygens (including phenoxy) is 1. The van der Waals surface area contributed by atoms with Gasteiger partial charge in [0.25, 0.3) is 0 Å². The molecule has 2 heterocycles. The van der Waals surface area contributed by atoms with Crippen molar-refractivity contribution in [2.45, 2.75) is 16.8 Å². The fourth-order valence-electron chi connectivity index (χ4n) is 3.53. The van der Waals surface area contributed by atoms with E-state index in [9.17, 15) is 8.42 Å². The lowest BCUT2D eigenvalue weighted by molar-refractivity contribution is 0.415. The second-order valence-electron chi connectivity index (χ2n) is 7.59. The first-order chi connectivity index (χ1) is 16.5. The normalized spacial score (nSPS) is 11.5. The molecule has 0 saturated carbocycles. The molecule has 3 aromatic carbocycles. The van der Waals surface area contributed by atoms with Crippen molar-refractivity contribution in [3.8, 4) is 40.0 Å². The highest BCUT2D eigenvalue weighted by Crippen LogP contribution is 2.39. The number of aromatic nitrogens is 2. The Morgan fingerprint density at radius 1 is 0.824 bits per heavy atom. The average Bonchev–Trinajstić information content (AvgIpc) is 3.53. The van der Waals surface area contributed by atoms with Gasteiger partial charge in [0.05, 0.1) is 12.0 Å². The molecule has 0 amide bonds. The molecule has 0 spiro atoms. The van der Waals surface area contributed by atoms with Crippen molar-refractivity contribution in [3.63, 3.8) is 0 Å². The predicted octanol–water partition coefficient (Wildman–Crippen LogP) is 5.81. The van der Waals surface area contributed by atoms with E-state index < -0.39 is 9.84 Å². The van der Waals surface area contributed by atoms with Crippen LogP contribution in [0, 0.1) is 6.92 Å². The van der Waals surface area contributed by atoms with Crippen molar-refractivity contribution >= 4 is 9.84 Å². The van der Waals surface area contributed by atoms with Gasteiger partial charge in [0.2, 0.25) is 20.8 Å². The van der Waals surface area contributed by atoms with Gasteiger partial charge in [0, 0.05) is 11.1 Å². The summed E-state index contributed by atoms with van der Waals surface area (Å²) in [5.74, 6) is 1.38. The molecule has 170 valence electrons.